The van der Waals surface area contributed by atoms with E-state index in [9.17, 15) is 4.39 Å². The van der Waals surface area contributed by atoms with Crippen molar-refractivity contribution in [2.45, 2.75) is 12.3 Å². The molecule has 0 aliphatic rings. The van der Waals surface area contributed by atoms with Crippen LogP contribution in [0.25, 0.3) is 0 Å². The number of ether oxygens (including phenoxy) is 1. The van der Waals surface area contributed by atoms with Gasteiger partial charge in [0.25, 0.3) is 0 Å². The molecular formula is C16H15BrClFO. The molecule has 2 aromatic rings. The quantitative estimate of drug-likeness (QED) is 0.668. The average Bonchev–Trinajstić information content (AvgIpc) is 2.46. The van der Waals surface area contributed by atoms with Crippen LogP contribution in [0, 0.1) is 5.82 Å². The van der Waals surface area contributed by atoms with Gasteiger partial charge in [-0.05, 0) is 53.8 Å². The molecule has 1 atom stereocenters. The maximum atomic E-state index is 13.0. The summed E-state index contributed by atoms with van der Waals surface area (Å²) in [5, 5.41) is 1.47. The first kappa shape index (κ1) is 15.3. The molecular weight excluding hydrogens is 343 g/mol. The third-order valence-electron chi connectivity index (χ3n) is 3.24. The fourth-order valence-corrected chi connectivity index (χ4v) is 2.97. The molecule has 0 saturated carbocycles. The molecule has 1 unspecified atom stereocenters. The second-order valence-electron chi connectivity index (χ2n) is 4.56. The van der Waals surface area contributed by atoms with Gasteiger partial charge in [0.15, 0.2) is 0 Å². The van der Waals surface area contributed by atoms with E-state index in [4.69, 9.17) is 16.3 Å². The third kappa shape index (κ3) is 3.74. The first-order valence-electron chi connectivity index (χ1n) is 6.28. The summed E-state index contributed by atoms with van der Waals surface area (Å²) in [5.41, 5.74) is 2.14. The van der Waals surface area contributed by atoms with E-state index in [0.717, 1.165) is 28.6 Å². The molecule has 1 nitrogen and oxygen atoms in total. The van der Waals surface area contributed by atoms with Gasteiger partial charge < -0.3 is 4.74 Å². The van der Waals surface area contributed by atoms with Crippen molar-refractivity contribution >= 4 is 27.5 Å². The minimum atomic E-state index is -0.220. The number of hydrogen-bond acceptors (Lipinski definition) is 1. The van der Waals surface area contributed by atoms with Crippen LogP contribution in [-0.4, -0.2) is 12.4 Å². The second kappa shape index (κ2) is 7.09. The van der Waals surface area contributed by atoms with Gasteiger partial charge >= 0.3 is 0 Å². The van der Waals surface area contributed by atoms with Crippen molar-refractivity contribution in [2.24, 2.45) is 0 Å². The topological polar surface area (TPSA) is 9.23 Å². The van der Waals surface area contributed by atoms with Crippen LogP contribution in [0.4, 0.5) is 4.39 Å². The molecule has 0 amide bonds. The van der Waals surface area contributed by atoms with E-state index in [-0.39, 0.29) is 11.7 Å². The van der Waals surface area contributed by atoms with E-state index in [1.165, 1.54) is 12.1 Å². The van der Waals surface area contributed by atoms with Gasteiger partial charge in [0.2, 0.25) is 0 Å². The van der Waals surface area contributed by atoms with E-state index in [0.29, 0.717) is 5.02 Å². The van der Waals surface area contributed by atoms with Crippen molar-refractivity contribution in [2.75, 3.05) is 12.4 Å². The van der Waals surface area contributed by atoms with Crippen molar-refractivity contribution < 1.29 is 9.13 Å². The maximum Gasteiger partial charge on any atom is 0.123 e. The van der Waals surface area contributed by atoms with Gasteiger partial charge in [-0.3, -0.25) is 0 Å². The molecule has 0 saturated heterocycles. The summed E-state index contributed by atoms with van der Waals surface area (Å²) in [5.74, 6) is 0.841. The number of benzene rings is 2. The fraction of sp³-hybridized carbons (Fsp3) is 0.250. The second-order valence-corrected chi connectivity index (χ2v) is 5.65. The lowest BCUT2D eigenvalue weighted by Gasteiger charge is -2.17. The SMILES string of the molecule is COc1ccc(Cl)cc1CC(CBr)c1ccc(F)cc1. The molecule has 0 spiro atoms. The smallest absolute Gasteiger partial charge is 0.123 e. The van der Waals surface area contributed by atoms with Crippen LogP contribution >= 0.6 is 27.5 Å². The first-order valence-corrected chi connectivity index (χ1v) is 7.78. The van der Waals surface area contributed by atoms with Gasteiger partial charge in [-0.2, -0.15) is 0 Å². The largest absolute Gasteiger partial charge is 0.496 e. The summed E-state index contributed by atoms with van der Waals surface area (Å²) in [6, 6.07) is 12.2. The lowest BCUT2D eigenvalue weighted by molar-refractivity contribution is 0.408. The van der Waals surface area contributed by atoms with Crippen molar-refractivity contribution in [1.82, 2.24) is 0 Å². The predicted molar refractivity (Wildman–Crippen MR) is 84.6 cm³/mol. The van der Waals surface area contributed by atoms with Crippen LogP contribution < -0.4 is 4.74 Å². The number of hydrogen-bond donors (Lipinski definition) is 0. The molecule has 0 fully saturated rings. The highest BCUT2D eigenvalue weighted by molar-refractivity contribution is 9.09. The van der Waals surface area contributed by atoms with E-state index in [1.54, 1.807) is 7.11 Å². The van der Waals surface area contributed by atoms with Crippen molar-refractivity contribution in [3.63, 3.8) is 0 Å². The third-order valence-corrected chi connectivity index (χ3v) is 4.25. The Bertz CT molecular complexity index is 571. The van der Waals surface area contributed by atoms with Gasteiger partial charge in [-0.1, -0.05) is 39.7 Å². The molecule has 4 heteroatoms. The Balaban J connectivity index is 2.26. The van der Waals surface area contributed by atoms with E-state index in [2.05, 4.69) is 15.9 Å². The number of rotatable bonds is 5. The highest BCUT2D eigenvalue weighted by Gasteiger charge is 2.14. The zero-order chi connectivity index (χ0) is 14.5. The van der Waals surface area contributed by atoms with Crippen LogP contribution in [0.5, 0.6) is 5.75 Å². The molecule has 0 aliphatic heterocycles. The van der Waals surface area contributed by atoms with Gasteiger partial charge in [0, 0.05) is 10.4 Å². The first-order chi connectivity index (χ1) is 9.63. The minimum Gasteiger partial charge on any atom is -0.496 e. The Morgan fingerprint density at radius 2 is 1.90 bits per heavy atom. The molecule has 0 aromatic heterocycles. The van der Waals surface area contributed by atoms with Crippen LogP contribution in [0.15, 0.2) is 42.5 Å². The van der Waals surface area contributed by atoms with Gasteiger partial charge in [0.1, 0.15) is 11.6 Å². The lowest BCUT2D eigenvalue weighted by Crippen LogP contribution is -2.06. The van der Waals surface area contributed by atoms with Crippen LogP contribution in [0.2, 0.25) is 5.02 Å². The zero-order valence-electron chi connectivity index (χ0n) is 11.1. The van der Waals surface area contributed by atoms with E-state index >= 15 is 0 Å². The Morgan fingerprint density at radius 3 is 2.50 bits per heavy atom. The Kier molecular flexibility index (Phi) is 5.44. The van der Waals surface area contributed by atoms with Gasteiger partial charge in [-0.25, -0.2) is 4.39 Å². The van der Waals surface area contributed by atoms with Crippen molar-refractivity contribution in [3.8, 4) is 5.75 Å². The Morgan fingerprint density at radius 1 is 1.20 bits per heavy atom. The van der Waals surface area contributed by atoms with E-state index in [1.807, 2.05) is 30.3 Å². The summed E-state index contributed by atoms with van der Waals surface area (Å²) in [4.78, 5) is 0. The number of halogens is 3. The fourth-order valence-electron chi connectivity index (χ4n) is 2.17. The van der Waals surface area contributed by atoms with Gasteiger partial charge in [-0.15, -0.1) is 0 Å². The van der Waals surface area contributed by atoms with Crippen LogP contribution in [0.3, 0.4) is 0 Å². The molecule has 0 N–H and O–H groups in total. The van der Waals surface area contributed by atoms with Crippen molar-refractivity contribution in [3.05, 3.63) is 64.4 Å². The number of alkyl halides is 1. The summed E-state index contributed by atoms with van der Waals surface area (Å²) >= 11 is 9.58. The molecule has 0 heterocycles. The van der Waals surface area contributed by atoms with Crippen LogP contribution in [0.1, 0.15) is 17.0 Å². The molecule has 0 aliphatic carbocycles. The van der Waals surface area contributed by atoms with Crippen LogP contribution in [-0.2, 0) is 6.42 Å². The highest BCUT2D eigenvalue weighted by Crippen LogP contribution is 2.30. The Hall–Kier alpha value is -1.06. The molecule has 0 bridgehead atoms. The summed E-state index contributed by atoms with van der Waals surface area (Å²) in [7, 11) is 1.65. The van der Waals surface area contributed by atoms with E-state index < -0.39 is 0 Å². The molecule has 2 aromatic carbocycles. The normalized spacial score (nSPS) is 12.2. The summed E-state index contributed by atoms with van der Waals surface area (Å²) in [6.07, 6.45) is 0.778. The highest BCUT2D eigenvalue weighted by atomic mass is 79.9. The molecule has 106 valence electrons. The average molecular weight is 358 g/mol. The number of methoxy groups -OCH3 is 1. The minimum absolute atomic E-state index is 0.220. The molecule has 0 radical (unpaired) electrons. The Labute approximate surface area is 131 Å². The summed E-state index contributed by atoms with van der Waals surface area (Å²) < 4.78 is 18.4. The molecule has 20 heavy (non-hydrogen) atoms. The predicted octanol–water partition coefficient (Wildman–Crippen LogP) is 5.21. The maximum absolute atomic E-state index is 13.0. The van der Waals surface area contributed by atoms with Crippen molar-refractivity contribution in [1.29, 1.82) is 0 Å². The standard InChI is InChI=1S/C16H15BrClFO/c1-20-16-7-4-14(18)9-12(16)8-13(10-17)11-2-5-15(19)6-3-11/h2-7,9,13H,8,10H2,1H3. The monoisotopic (exact) mass is 356 g/mol. The molecule has 2 rings (SSSR count). The lowest BCUT2D eigenvalue weighted by atomic mass is 9.93. The zero-order valence-corrected chi connectivity index (χ0v) is 13.4. The summed E-state index contributed by atoms with van der Waals surface area (Å²) in [6.45, 7) is 0. The van der Waals surface area contributed by atoms with Gasteiger partial charge in [0.05, 0.1) is 7.11 Å².